The minimum Gasteiger partial charge on any atom is -0.494 e. The fourth-order valence-electron chi connectivity index (χ4n) is 6.32. The molecule has 182 valence electrons. The van der Waals surface area contributed by atoms with Crippen LogP contribution < -0.4 is 4.74 Å². The van der Waals surface area contributed by atoms with E-state index in [2.05, 4.69) is 34.5 Å². The molecule has 2 atom stereocenters. The SMILES string of the molecule is COc1cc2[nH]nc(-c3ccc([C@]45C[C@H]4CN(C(=O)CO)C5)nc3)c2nc1-c1cccc2c1CCC2. The number of likely N-dealkylation sites (tertiary alicyclic amines) is 1. The van der Waals surface area contributed by atoms with Gasteiger partial charge in [-0.3, -0.25) is 14.9 Å². The van der Waals surface area contributed by atoms with Gasteiger partial charge in [0, 0.05) is 47.6 Å². The van der Waals surface area contributed by atoms with Crippen molar-refractivity contribution in [3.05, 3.63) is 59.4 Å². The molecular formula is C28H27N5O3. The third-order valence-electron chi connectivity index (χ3n) is 8.30. The van der Waals surface area contributed by atoms with Gasteiger partial charge in [0.05, 0.1) is 12.6 Å². The Morgan fingerprint density at radius 1 is 1.25 bits per heavy atom. The molecule has 0 radical (unpaired) electrons. The van der Waals surface area contributed by atoms with Crippen molar-refractivity contribution in [2.45, 2.75) is 31.1 Å². The number of carbonyl (C=O) groups excluding carboxylic acids is 1. The summed E-state index contributed by atoms with van der Waals surface area (Å²) in [6.45, 7) is 0.887. The van der Waals surface area contributed by atoms with Crippen LogP contribution in [0, 0.1) is 5.92 Å². The van der Waals surface area contributed by atoms with E-state index in [1.807, 2.05) is 18.3 Å². The molecule has 0 bridgehead atoms. The molecule has 7 rings (SSSR count). The second-order valence-electron chi connectivity index (χ2n) is 10.2. The van der Waals surface area contributed by atoms with Crippen LogP contribution in [0.25, 0.3) is 33.5 Å². The molecule has 36 heavy (non-hydrogen) atoms. The van der Waals surface area contributed by atoms with E-state index in [0.29, 0.717) is 19.0 Å². The molecule has 3 aliphatic rings. The van der Waals surface area contributed by atoms with E-state index in [1.165, 1.54) is 17.5 Å². The maximum Gasteiger partial charge on any atom is 0.248 e. The maximum absolute atomic E-state index is 12.0. The van der Waals surface area contributed by atoms with Crippen LogP contribution in [0.2, 0.25) is 0 Å². The molecule has 8 heteroatoms. The van der Waals surface area contributed by atoms with Gasteiger partial charge in [0.1, 0.15) is 29.3 Å². The Morgan fingerprint density at radius 2 is 2.17 bits per heavy atom. The largest absolute Gasteiger partial charge is 0.494 e. The number of nitrogens with zero attached hydrogens (tertiary/aromatic N) is 4. The third kappa shape index (κ3) is 3.10. The number of H-pyrrole nitrogens is 1. The van der Waals surface area contributed by atoms with Gasteiger partial charge in [-0.2, -0.15) is 5.10 Å². The molecule has 2 fully saturated rings. The number of aliphatic hydroxyl groups is 1. The zero-order chi connectivity index (χ0) is 24.4. The number of piperidine rings is 1. The van der Waals surface area contributed by atoms with Gasteiger partial charge in [0.2, 0.25) is 5.91 Å². The van der Waals surface area contributed by atoms with Crippen molar-refractivity contribution in [3.63, 3.8) is 0 Å². The van der Waals surface area contributed by atoms with Gasteiger partial charge < -0.3 is 14.7 Å². The molecule has 3 aromatic heterocycles. The van der Waals surface area contributed by atoms with Gasteiger partial charge in [0.15, 0.2) is 0 Å². The van der Waals surface area contributed by atoms with Crippen molar-refractivity contribution in [2.75, 3.05) is 26.8 Å². The molecule has 2 N–H and O–H groups in total. The van der Waals surface area contributed by atoms with Crippen LogP contribution in [0.15, 0.2) is 42.6 Å². The predicted octanol–water partition coefficient (Wildman–Crippen LogP) is 3.28. The molecule has 2 aliphatic carbocycles. The lowest BCUT2D eigenvalue weighted by atomic mass is 9.99. The topological polar surface area (TPSA) is 104 Å². The number of methoxy groups -OCH3 is 1. The second kappa shape index (κ2) is 7.86. The molecule has 0 unspecified atom stereocenters. The molecule has 1 saturated heterocycles. The van der Waals surface area contributed by atoms with Crippen LogP contribution in [-0.2, 0) is 23.1 Å². The van der Waals surface area contributed by atoms with E-state index in [9.17, 15) is 9.90 Å². The first-order chi connectivity index (χ1) is 17.6. The molecule has 1 amide bonds. The Kier molecular flexibility index (Phi) is 4.70. The number of aromatic amines is 1. The predicted molar refractivity (Wildman–Crippen MR) is 135 cm³/mol. The molecule has 1 aliphatic heterocycles. The van der Waals surface area contributed by atoms with Crippen LogP contribution in [0.5, 0.6) is 5.75 Å². The summed E-state index contributed by atoms with van der Waals surface area (Å²) in [6.07, 6.45) is 6.22. The Hall–Kier alpha value is -3.78. The minimum atomic E-state index is -0.438. The normalized spacial score (nSPS) is 22.1. The molecule has 1 aromatic carbocycles. The number of aromatic nitrogens is 4. The minimum absolute atomic E-state index is 0.0799. The smallest absolute Gasteiger partial charge is 0.248 e. The van der Waals surface area contributed by atoms with Crippen LogP contribution in [0.3, 0.4) is 0 Å². The fourth-order valence-corrected chi connectivity index (χ4v) is 6.32. The number of ether oxygens (including phenoxy) is 1. The number of carbonyl (C=O) groups is 1. The van der Waals surface area contributed by atoms with E-state index < -0.39 is 6.61 Å². The summed E-state index contributed by atoms with van der Waals surface area (Å²) in [5.41, 5.74) is 8.91. The quantitative estimate of drug-likeness (QED) is 0.453. The number of nitrogens with one attached hydrogen (secondary N) is 1. The van der Waals surface area contributed by atoms with E-state index in [1.54, 1.807) is 12.0 Å². The summed E-state index contributed by atoms with van der Waals surface area (Å²) < 4.78 is 5.74. The van der Waals surface area contributed by atoms with Crippen molar-refractivity contribution in [2.24, 2.45) is 5.92 Å². The first kappa shape index (κ1) is 21.5. The zero-order valence-electron chi connectivity index (χ0n) is 20.1. The van der Waals surface area contributed by atoms with Crippen molar-refractivity contribution >= 4 is 16.9 Å². The average molecular weight is 482 g/mol. The van der Waals surface area contributed by atoms with Crippen molar-refractivity contribution in [1.82, 2.24) is 25.1 Å². The summed E-state index contributed by atoms with van der Waals surface area (Å²) in [5, 5.41) is 16.9. The molecule has 1 saturated carbocycles. The highest BCUT2D eigenvalue weighted by Gasteiger charge is 2.62. The Labute approximate surface area is 208 Å². The second-order valence-corrected chi connectivity index (χ2v) is 10.2. The summed E-state index contributed by atoms with van der Waals surface area (Å²) in [7, 11) is 1.68. The number of fused-ring (bicyclic) bond motifs is 3. The first-order valence-electron chi connectivity index (χ1n) is 12.5. The molecule has 4 heterocycles. The van der Waals surface area contributed by atoms with Crippen LogP contribution in [0.1, 0.15) is 29.7 Å². The number of aliphatic hydroxyl groups excluding tert-OH is 1. The van der Waals surface area contributed by atoms with Crippen molar-refractivity contribution in [3.8, 4) is 28.3 Å². The highest BCUT2D eigenvalue weighted by atomic mass is 16.5. The first-order valence-corrected chi connectivity index (χ1v) is 12.5. The monoisotopic (exact) mass is 481 g/mol. The van der Waals surface area contributed by atoms with Crippen molar-refractivity contribution < 1.29 is 14.6 Å². The number of rotatable bonds is 5. The lowest BCUT2D eigenvalue weighted by Crippen LogP contribution is -2.34. The van der Waals surface area contributed by atoms with Crippen LogP contribution in [0.4, 0.5) is 0 Å². The van der Waals surface area contributed by atoms with Crippen LogP contribution in [-0.4, -0.2) is 62.9 Å². The van der Waals surface area contributed by atoms with E-state index in [-0.39, 0.29) is 11.3 Å². The molecule has 8 nitrogen and oxygen atoms in total. The maximum atomic E-state index is 12.0. The number of amides is 1. The number of aryl methyl sites for hydroxylation is 1. The van der Waals surface area contributed by atoms with E-state index in [4.69, 9.17) is 14.7 Å². The highest BCUT2D eigenvalue weighted by Crippen LogP contribution is 2.58. The van der Waals surface area contributed by atoms with E-state index >= 15 is 0 Å². The third-order valence-corrected chi connectivity index (χ3v) is 8.30. The summed E-state index contributed by atoms with van der Waals surface area (Å²) >= 11 is 0. The van der Waals surface area contributed by atoms with Gasteiger partial charge >= 0.3 is 0 Å². The van der Waals surface area contributed by atoms with Crippen molar-refractivity contribution in [1.29, 1.82) is 0 Å². The Balaban J connectivity index is 1.25. The standard InChI is InChI=1S/C28H27N5O3/c1-36-22-10-21-27(30-26(22)20-7-3-5-16-4-2-6-19(16)20)25(32-31-21)17-8-9-23(29-12-17)28-11-18(28)13-33(15-28)24(35)14-34/h3,5,7-10,12,18,34H,2,4,6,11,13-15H2,1H3,(H,31,32)/t18-,28-/m0/s1. The van der Waals surface area contributed by atoms with Gasteiger partial charge in [-0.25, -0.2) is 4.98 Å². The van der Waals surface area contributed by atoms with Gasteiger partial charge in [-0.05, 0) is 54.9 Å². The molecular weight excluding hydrogens is 454 g/mol. The number of hydrogen-bond acceptors (Lipinski definition) is 6. The number of benzene rings is 1. The number of pyridine rings is 2. The Morgan fingerprint density at radius 3 is 2.97 bits per heavy atom. The zero-order valence-corrected chi connectivity index (χ0v) is 20.1. The molecule has 0 spiro atoms. The summed E-state index contributed by atoms with van der Waals surface area (Å²) in [6, 6.07) is 12.5. The van der Waals surface area contributed by atoms with Gasteiger partial charge in [-0.15, -0.1) is 0 Å². The lowest BCUT2D eigenvalue weighted by Gasteiger charge is -2.20. The highest BCUT2D eigenvalue weighted by molar-refractivity contribution is 5.93. The fraction of sp³-hybridized carbons (Fsp3) is 0.357. The Bertz CT molecular complexity index is 1510. The van der Waals surface area contributed by atoms with Crippen LogP contribution >= 0.6 is 0 Å². The number of hydrogen-bond donors (Lipinski definition) is 2. The van der Waals surface area contributed by atoms with Gasteiger partial charge in [0.25, 0.3) is 0 Å². The lowest BCUT2D eigenvalue weighted by molar-refractivity contribution is -0.133. The van der Waals surface area contributed by atoms with Gasteiger partial charge in [-0.1, -0.05) is 18.2 Å². The average Bonchev–Trinajstić information content (AvgIpc) is 3.31. The summed E-state index contributed by atoms with van der Waals surface area (Å²) in [4.78, 5) is 23.6. The van der Waals surface area contributed by atoms with E-state index in [0.717, 1.165) is 64.3 Å². The summed E-state index contributed by atoms with van der Waals surface area (Å²) in [5.74, 6) is 0.943. The molecule has 4 aromatic rings.